The first-order chi connectivity index (χ1) is 47.8. The van der Waals surface area contributed by atoms with E-state index in [0.29, 0.717) is 48.4 Å². The molecular weight excluding hydrogens is 1300 g/mol. The molecule has 28 heteroatoms. The van der Waals surface area contributed by atoms with Crippen molar-refractivity contribution in [2.45, 2.75) is 142 Å². The van der Waals surface area contributed by atoms with Crippen molar-refractivity contribution in [3.05, 3.63) is 102 Å². The lowest BCUT2D eigenvalue weighted by molar-refractivity contribution is -0.148. The smallest absolute Gasteiger partial charge is 0.411 e. The van der Waals surface area contributed by atoms with Crippen molar-refractivity contribution in [2.24, 2.45) is 23.7 Å². The highest BCUT2D eigenvalue weighted by Gasteiger charge is 2.44. The van der Waals surface area contributed by atoms with Gasteiger partial charge in [0.25, 0.3) is 17.7 Å². The van der Waals surface area contributed by atoms with Crippen molar-refractivity contribution >= 4 is 59.2 Å². The number of aliphatic hydroxyl groups is 1. The van der Waals surface area contributed by atoms with Crippen molar-refractivity contribution in [3.8, 4) is 11.5 Å². The third kappa shape index (κ3) is 24.5. The molecule has 28 nitrogen and oxygen atoms in total. The summed E-state index contributed by atoms with van der Waals surface area (Å²) in [7, 11) is 8.97. The number of nitrogens with zero attached hydrogens (tertiary/aromatic N) is 4. The Morgan fingerprint density at radius 3 is 1.81 bits per heavy atom. The van der Waals surface area contributed by atoms with Gasteiger partial charge in [0.05, 0.1) is 122 Å². The summed E-state index contributed by atoms with van der Waals surface area (Å²) < 4.78 is 56.4. The maximum Gasteiger partial charge on any atom is 0.411 e. The van der Waals surface area contributed by atoms with E-state index in [-0.39, 0.29) is 120 Å². The molecule has 1 unspecified atom stereocenters. The number of anilines is 1. The lowest BCUT2D eigenvalue weighted by atomic mass is 9.89. The van der Waals surface area contributed by atoms with Crippen molar-refractivity contribution in [2.75, 3.05) is 120 Å². The van der Waals surface area contributed by atoms with Crippen molar-refractivity contribution in [1.82, 2.24) is 35.6 Å². The van der Waals surface area contributed by atoms with Crippen LogP contribution in [0.25, 0.3) is 0 Å². The van der Waals surface area contributed by atoms with Gasteiger partial charge in [0.1, 0.15) is 30.2 Å². The van der Waals surface area contributed by atoms with Gasteiger partial charge in [-0.3, -0.25) is 48.7 Å². The number of rotatable bonds is 43. The van der Waals surface area contributed by atoms with Gasteiger partial charge in [-0.05, 0) is 72.9 Å². The van der Waals surface area contributed by atoms with Gasteiger partial charge in [0.15, 0.2) is 0 Å². The summed E-state index contributed by atoms with van der Waals surface area (Å²) >= 11 is 0. The van der Waals surface area contributed by atoms with Gasteiger partial charge in [-0.2, -0.15) is 0 Å². The van der Waals surface area contributed by atoms with Crippen LogP contribution < -0.4 is 30.7 Å². The number of nitrogens with one attached hydrogen (secondary N) is 4. The maximum absolute atomic E-state index is 15.0. The number of amides is 9. The molecule has 3 aromatic rings. The molecule has 5 N–H and O–H groups in total. The molecule has 0 aliphatic carbocycles. The van der Waals surface area contributed by atoms with Crippen LogP contribution in [0.2, 0.25) is 0 Å². The fourth-order valence-corrected chi connectivity index (χ4v) is 12.0. The van der Waals surface area contributed by atoms with Gasteiger partial charge in [0.2, 0.25) is 29.7 Å². The van der Waals surface area contributed by atoms with Crippen LogP contribution in [-0.4, -0.2) is 236 Å². The fourth-order valence-electron chi connectivity index (χ4n) is 12.0. The van der Waals surface area contributed by atoms with Gasteiger partial charge in [-0.25, -0.2) is 9.59 Å². The Bertz CT molecular complexity index is 3100. The highest BCUT2D eigenvalue weighted by Crippen LogP contribution is 2.31. The number of benzene rings is 3. The second kappa shape index (κ2) is 42.1. The standard InChI is InChI=1S/C72H106N8O20/c1-15-47(6)63(57(93-13)43-60(83)79-30-19-22-56(79)65(94-14)48(7)67(85)74-49(8)64(84)51-20-17-16-18-21-51)77(9)70(88)61(45(2)3)76-68(86)62(46(4)5)78(10)72(90)100-66(52-23-25-53(26-24-52)75-71(89)99-44-50-40-54(91-11)42-55(41-50)92-12)69(87)73-29-32-95-34-36-97-38-39-98-37-35-96-33-31-80-58(81)27-28-59(80)82/h16-18,20-21,23-28,40-42,45-49,56-57,61-66,84H,15,19,22,29-39,43-44H2,1-14H3,(H,73,87)(H,74,85)(H,75,89)(H,76,86)/t47-,48+,49+,56-,57+,61-,62-,63-,64+,65+,66?/m0/s1. The molecule has 1 fully saturated rings. The average molecular weight is 1400 g/mol. The molecule has 0 radical (unpaired) electrons. The Balaban J connectivity index is 1.23. The van der Waals surface area contributed by atoms with Crippen LogP contribution in [0, 0.1) is 23.7 Å². The zero-order valence-electron chi connectivity index (χ0n) is 60.4. The summed E-state index contributed by atoms with van der Waals surface area (Å²) in [6, 6.07) is 15.9. The van der Waals surface area contributed by atoms with Crippen LogP contribution in [0.4, 0.5) is 15.3 Å². The molecule has 1 saturated heterocycles. The minimum Gasteiger partial charge on any atom is -0.497 e. The quantitative estimate of drug-likeness (QED) is 0.0321. The minimum absolute atomic E-state index is 0.0136. The van der Waals surface area contributed by atoms with E-state index in [1.165, 1.54) is 76.8 Å². The molecule has 0 bridgehead atoms. The highest BCUT2D eigenvalue weighted by atomic mass is 16.6. The number of methoxy groups -OCH3 is 4. The van der Waals surface area contributed by atoms with Crippen LogP contribution in [0.5, 0.6) is 11.5 Å². The Morgan fingerprint density at radius 1 is 0.670 bits per heavy atom. The van der Waals surface area contributed by atoms with E-state index in [4.69, 9.17) is 47.4 Å². The monoisotopic (exact) mass is 1400 g/mol. The van der Waals surface area contributed by atoms with Crippen LogP contribution in [0.3, 0.4) is 0 Å². The Hall–Kier alpha value is -8.25. The van der Waals surface area contributed by atoms with Crippen LogP contribution >= 0.6 is 0 Å². The Kier molecular flexibility index (Phi) is 34.7. The molecule has 2 aliphatic rings. The number of aliphatic hydroxyl groups excluding tert-OH is 1. The SMILES string of the molecule is CC[C@H](C)[C@@H]([C@@H](CC(=O)N1CCC[C@H]1[C@H](OC)[C@@H](C)C(=O)N[C@H](C)[C@@H](O)c1ccccc1)OC)N(C)C(=O)[C@@H](NC(=O)[C@H](C(C)C)N(C)C(=O)OC(C(=O)NCCOCCOCCOCCOCCN1C(=O)C=CC1=O)c1ccc(NC(=O)OCc2cc(OC)cc(OC)c2)cc1)C(C)C. The Morgan fingerprint density at radius 2 is 1.26 bits per heavy atom. The summed E-state index contributed by atoms with van der Waals surface area (Å²) in [5.74, 6) is -4.17. The second-order valence-electron chi connectivity index (χ2n) is 25.5. The van der Waals surface area contributed by atoms with Crippen LogP contribution in [-0.2, 0) is 78.1 Å². The van der Waals surface area contributed by atoms with E-state index in [2.05, 4.69) is 21.3 Å². The number of imide groups is 1. The summed E-state index contributed by atoms with van der Waals surface area (Å²) in [4.78, 5) is 128. The minimum atomic E-state index is -1.60. The third-order valence-electron chi connectivity index (χ3n) is 17.8. The number of likely N-dealkylation sites (N-methyl/N-ethyl adjacent to an activating group) is 2. The lowest BCUT2D eigenvalue weighted by Gasteiger charge is -2.41. The first-order valence-electron chi connectivity index (χ1n) is 34.1. The number of carbonyl (C=O) groups is 9. The topological polar surface area (TPSA) is 327 Å². The van der Waals surface area contributed by atoms with Crippen molar-refractivity contribution in [1.29, 1.82) is 0 Å². The highest BCUT2D eigenvalue weighted by molar-refractivity contribution is 6.12. The van der Waals surface area contributed by atoms with Crippen LogP contribution in [0.1, 0.15) is 110 Å². The molecular formula is C72H106N8O20. The van der Waals surface area contributed by atoms with E-state index >= 15 is 4.79 Å². The zero-order chi connectivity index (χ0) is 73.6. The van der Waals surface area contributed by atoms with E-state index < -0.39 is 102 Å². The molecule has 2 aliphatic heterocycles. The predicted molar refractivity (Wildman–Crippen MR) is 369 cm³/mol. The maximum atomic E-state index is 15.0. The first-order valence-corrected chi connectivity index (χ1v) is 34.1. The van der Waals surface area contributed by atoms with Gasteiger partial charge < -0.3 is 78.2 Å². The van der Waals surface area contributed by atoms with Gasteiger partial charge in [-0.15, -0.1) is 0 Å². The number of likely N-dealkylation sites (tertiary alicyclic amines) is 1. The van der Waals surface area contributed by atoms with Crippen LogP contribution in [0.15, 0.2) is 84.9 Å². The molecule has 9 amide bonds. The van der Waals surface area contributed by atoms with Gasteiger partial charge in [0, 0.05) is 70.9 Å². The predicted octanol–water partition coefficient (Wildman–Crippen LogP) is 5.99. The average Bonchev–Trinajstić information content (AvgIpc) is 1.29. The molecule has 3 aromatic carbocycles. The summed E-state index contributed by atoms with van der Waals surface area (Å²) in [6.07, 6.45) is -1.74. The fraction of sp³-hybridized carbons (Fsp3) is 0.597. The molecule has 0 aromatic heterocycles. The number of carbonyl (C=O) groups excluding carboxylic acids is 9. The largest absolute Gasteiger partial charge is 0.497 e. The van der Waals surface area contributed by atoms with E-state index in [0.717, 1.165) is 9.80 Å². The number of hydrogen-bond acceptors (Lipinski definition) is 20. The lowest BCUT2D eigenvalue weighted by Crippen LogP contribution is -2.60. The molecule has 554 valence electrons. The summed E-state index contributed by atoms with van der Waals surface area (Å²) in [5, 5.41) is 22.3. The molecule has 100 heavy (non-hydrogen) atoms. The molecule has 5 rings (SSSR count). The molecule has 11 atom stereocenters. The van der Waals surface area contributed by atoms with Crippen molar-refractivity contribution < 1.29 is 95.6 Å². The second-order valence-corrected chi connectivity index (χ2v) is 25.5. The first kappa shape index (κ1) is 82.4. The van der Waals surface area contributed by atoms with E-state index in [9.17, 15) is 43.5 Å². The summed E-state index contributed by atoms with van der Waals surface area (Å²) in [6.45, 7) is 16.5. The normalized spacial score (nSPS) is 16.7. The molecule has 2 heterocycles. The molecule has 0 saturated carbocycles. The number of hydrogen-bond donors (Lipinski definition) is 5. The van der Waals surface area contributed by atoms with E-state index in [1.54, 1.807) is 83.8 Å². The third-order valence-corrected chi connectivity index (χ3v) is 17.8. The molecule has 0 spiro atoms. The van der Waals surface area contributed by atoms with Gasteiger partial charge in [-0.1, -0.05) is 97.4 Å². The number of ether oxygens (including phenoxy) is 10. The zero-order valence-corrected chi connectivity index (χ0v) is 60.4. The van der Waals surface area contributed by atoms with Gasteiger partial charge >= 0.3 is 12.2 Å². The van der Waals surface area contributed by atoms with Crippen molar-refractivity contribution in [3.63, 3.8) is 0 Å². The summed E-state index contributed by atoms with van der Waals surface area (Å²) in [5.41, 5.74) is 1.74. The Labute approximate surface area is 587 Å². The van der Waals surface area contributed by atoms with E-state index in [1.807, 2.05) is 32.0 Å².